The summed E-state index contributed by atoms with van der Waals surface area (Å²) >= 11 is 0. The molecule has 0 saturated heterocycles. The number of allylic oxidation sites excluding steroid dienone is 10. The number of phosphoric ester groups is 1. The number of hydrogen-bond acceptors (Lipinski definition) is 9. The van der Waals surface area contributed by atoms with E-state index in [1.165, 1.54) is 57.8 Å². The summed E-state index contributed by atoms with van der Waals surface area (Å²) in [5, 5.41) is 18.3. The summed E-state index contributed by atoms with van der Waals surface area (Å²) < 4.78 is 32.7. The van der Waals surface area contributed by atoms with Gasteiger partial charge in [0.1, 0.15) is 12.7 Å². The van der Waals surface area contributed by atoms with E-state index in [1.807, 2.05) is 0 Å². The summed E-state index contributed by atoms with van der Waals surface area (Å²) in [5.41, 5.74) is 0. The highest BCUT2D eigenvalue weighted by molar-refractivity contribution is 7.47. The van der Waals surface area contributed by atoms with E-state index in [2.05, 4.69) is 74.6 Å². The van der Waals surface area contributed by atoms with Crippen LogP contribution in [0.3, 0.4) is 0 Å². The Morgan fingerprint density at radius 2 is 0.965 bits per heavy atom. The molecule has 1 unspecified atom stereocenters. The third-order valence-electron chi connectivity index (χ3n) is 9.16. The molecule has 0 saturated carbocycles. The van der Waals surface area contributed by atoms with Gasteiger partial charge in [-0.05, 0) is 77.0 Å². The Bertz CT molecular complexity index is 1130. The summed E-state index contributed by atoms with van der Waals surface area (Å²) in [6.07, 6.45) is 46.1. The van der Waals surface area contributed by atoms with Crippen LogP contribution >= 0.6 is 7.82 Å². The number of aliphatic hydroxyl groups is 2. The van der Waals surface area contributed by atoms with Crippen molar-refractivity contribution in [2.24, 2.45) is 0 Å². The van der Waals surface area contributed by atoms with Gasteiger partial charge in [0.15, 0.2) is 6.10 Å². The van der Waals surface area contributed by atoms with E-state index in [4.69, 9.17) is 23.6 Å². The molecule has 3 N–H and O–H groups in total. The summed E-state index contributed by atoms with van der Waals surface area (Å²) in [7, 11) is -4.63. The first-order valence-corrected chi connectivity index (χ1v) is 23.7. The highest BCUT2D eigenvalue weighted by Gasteiger charge is 2.27. The van der Waals surface area contributed by atoms with Gasteiger partial charge in [0.2, 0.25) is 0 Å². The molecule has 0 aromatic heterocycles. The van der Waals surface area contributed by atoms with Crippen LogP contribution in [0.2, 0.25) is 0 Å². The van der Waals surface area contributed by atoms with Gasteiger partial charge in [0, 0.05) is 12.8 Å². The first-order chi connectivity index (χ1) is 27.7. The Balaban J connectivity index is 4.30. The molecule has 0 heterocycles. The maximum absolute atomic E-state index is 12.6. The maximum Gasteiger partial charge on any atom is 0.472 e. The standard InChI is InChI=1S/C46H81O10P/c1-3-5-7-9-11-13-15-17-19-20-21-22-24-26-28-30-32-34-36-38-46(50)56-44(42-55-57(51,52)54-40-43(48)39-47)41-53-45(49)37-35-33-31-29-27-25-23-18-16-14-12-10-8-6-4-2/h6,8,11-14,17-19,23,43-44,47-48H,3-5,7,9-10,15-16,20-22,24-42H2,1-2H3,(H,51,52)/b8-6+,13-11+,14-12+,19-17+,23-18+/t43-,44+/m0/s1. The number of unbranched alkanes of at least 4 members (excludes halogenated alkanes) is 17. The second-order valence-corrected chi connectivity index (χ2v) is 16.1. The SMILES string of the molecule is CC/C=C/C/C=C/C/C=C/CCCCCCCC(=O)OC[C@H](COP(=O)(O)OC[C@@H](O)CO)OC(=O)CCCCCCCCCCC/C=C/C/C=C/CCCCC. The molecule has 0 aromatic rings. The molecule has 0 aliphatic carbocycles. The first kappa shape index (κ1) is 54.7. The van der Waals surface area contributed by atoms with Gasteiger partial charge in [-0.15, -0.1) is 0 Å². The highest BCUT2D eigenvalue weighted by Crippen LogP contribution is 2.43. The van der Waals surface area contributed by atoms with Gasteiger partial charge in [-0.3, -0.25) is 18.6 Å². The minimum atomic E-state index is -4.63. The van der Waals surface area contributed by atoms with Crippen LogP contribution in [-0.4, -0.2) is 65.7 Å². The van der Waals surface area contributed by atoms with Crippen molar-refractivity contribution in [3.63, 3.8) is 0 Å². The summed E-state index contributed by atoms with van der Waals surface area (Å²) in [4.78, 5) is 35.0. The fourth-order valence-corrected chi connectivity index (χ4v) is 6.53. The lowest BCUT2D eigenvalue weighted by molar-refractivity contribution is -0.161. The van der Waals surface area contributed by atoms with Crippen molar-refractivity contribution in [1.29, 1.82) is 0 Å². The average Bonchev–Trinajstić information content (AvgIpc) is 3.20. The van der Waals surface area contributed by atoms with Crippen molar-refractivity contribution in [3.05, 3.63) is 60.8 Å². The number of carbonyl (C=O) groups excluding carboxylic acids is 2. The minimum Gasteiger partial charge on any atom is -0.462 e. The first-order valence-electron chi connectivity index (χ1n) is 22.2. The van der Waals surface area contributed by atoms with Gasteiger partial charge in [-0.2, -0.15) is 0 Å². The molecule has 0 radical (unpaired) electrons. The lowest BCUT2D eigenvalue weighted by Crippen LogP contribution is -2.29. The van der Waals surface area contributed by atoms with E-state index in [0.29, 0.717) is 12.8 Å². The number of hydrogen-bond donors (Lipinski definition) is 3. The van der Waals surface area contributed by atoms with Crippen LogP contribution in [0.1, 0.15) is 181 Å². The molecule has 0 fully saturated rings. The fraction of sp³-hybridized carbons (Fsp3) is 0.739. The molecule has 0 bridgehead atoms. The van der Waals surface area contributed by atoms with Crippen molar-refractivity contribution >= 4 is 19.8 Å². The van der Waals surface area contributed by atoms with Crippen LogP contribution in [0.25, 0.3) is 0 Å². The van der Waals surface area contributed by atoms with Crippen molar-refractivity contribution in [3.8, 4) is 0 Å². The number of rotatable bonds is 41. The lowest BCUT2D eigenvalue weighted by atomic mass is 10.1. The van der Waals surface area contributed by atoms with Gasteiger partial charge in [-0.25, -0.2) is 4.57 Å². The third-order valence-corrected chi connectivity index (χ3v) is 10.1. The Labute approximate surface area is 346 Å². The van der Waals surface area contributed by atoms with Crippen LogP contribution in [-0.2, 0) is 32.7 Å². The smallest absolute Gasteiger partial charge is 0.462 e. The molecule has 10 nitrogen and oxygen atoms in total. The quantitative estimate of drug-likeness (QED) is 0.0235. The van der Waals surface area contributed by atoms with Crippen LogP contribution in [0.4, 0.5) is 0 Å². The van der Waals surface area contributed by atoms with Crippen molar-refractivity contribution in [2.45, 2.75) is 193 Å². The molecule has 3 atom stereocenters. The third kappa shape index (κ3) is 41.6. The molecular weight excluding hydrogens is 743 g/mol. The van der Waals surface area contributed by atoms with Gasteiger partial charge < -0.3 is 24.6 Å². The fourth-order valence-electron chi connectivity index (χ4n) is 5.74. The van der Waals surface area contributed by atoms with E-state index in [0.717, 1.165) is 83.5 Å². The molecule has 330 valence electrons. The normalized spacial score (nSPS) is 14.4. The Morgan fingerprint density at radius 3 is 1.46 bits per heavy atom. The highest BCUT2D eigenvalue weighted by atomic mass is 31.2. The summed E-state index contributed by atoms with van der Waals surface area (Å²) in [6.45, 7) is 2.22. The van der Waals surface area contributed by atoms with Gasteiger partial charge in [0.25, 0.3) is 0 Å². The summed E-state index contributed by atoms with van der Waals surface area (Å²) in [5.74, 6) is -0.952. The second kappa shape index (κ2) is 41.8. The van der Waals surface area contributed by atoms with Crippen molar-refractivity contribution < 1.29 is 47.8 Å². The lowest BCUT2D eigenvalue weighted by Gasteiger charge is -2.20. The zero-order valence-electron chi connectivity index (χ0n) is 35.8. The summed E-state index contributed by atoms with van der Waals surface area (Å²) in [6, 6.07) is 0. The zero-order chi connectivity index (χ0) is 41.9. The number of aliphatic hydroxyl groups excluding tert-OH is 2. The molecule has 0 amide bonds. The van der Waals surface area contributed by atoms with E-state index < -0.39 is 51.8 Å². The van der Waals surface area contributed by atoms with Crippen molar-refractivity contribution in [2.75, 3.05) is 26.4 Å². The Kier molecular flexibility index (Phi) is 40.1. The van der Waals surface area contributed by atoms with Gasteiger partial charge >= 0.3 is 19.8 Å². The number of ether oxygens (including phenoxy) is 2. The molecule has 0 aliphatic rings. The zero-order valence-corrected chi connectivity index (χ0v) is 36.7. The molecule has 0 aliphatic heterocycles. The Morgan fingerprint density at radius 1 is 0.544 bits per heavy atom. The largest absolute Gasteiger partial charge is 0.472 e. The maximum atomic E-state index is 12.6. The molecular formula is C46H81O10P. The number of phosphoric acid groups is 1. The molecule has 11 heteroatoms. The molecule has 0 rings (SSSR count). The van der Waals surface area contributed by atoms with Crippen LogP contribution in [0.15, 0.2) is 60.8 Å². The van der Waals surface area contributed by atoms with Crippen molar-refractivity contribution in [1.82, 2.24) is 0 Å². The predicted molar refractivity (Wildman–Crippen MR) is 233 cm³/mol. The molecule has 57 heavy (non-hydrogen) atoms. The molecule has 0 spiro atoms. The second-order valence-electron chi connectivity index (χ2n) is 14.7. The number of esters is 2. The Hall–Kier alpha value is -2.33. The average molecular weight is 825 g/mol. The van der Waals surface area contributed by atoms with E-state index >= 15 is 0 Å². The molecule has 0 aromatic carbocycles. The number of carbonyl (C=O) groups is 2. The van der Waals surface area contributed by atoms with E-state index in [-0.39, 0.29) is 19.4 Å². The van der Waals surface area contributed by atoms with Crippen LogP contribution in [0, 0.1) is 0 Å². The monoisotopic (exact) mass is 825 g/mol. The topological polar surface area (TPSA) is 149 Å². The minimum absolute atomic E-state index is 0.173. The predicted octanol–water partition coefficient (Wildman–Crippen LogP) is 11.9. The van der Waals surface area contributed by atoms with Crippen LogP contribution in [0.5, 0.6) is 0 Å². The van der Waals surface area contributed by atoms with E-state index in [9.17, 15) is 24.2 Å². The van der Waals surface area contributed by atoms with Gasteiger partial charge in [-0.1, -0.05) is 152 Å². The van der Waals surface area contributed by atoms with Gasteiger partial charge in [0.05, 0.1) is 19.8 Å². The van der Waals surface area contributed by atoms with E-state index in [1.54, 1.807) is 0 Å². The van der Waals surface area contributed by atoms with Crippen LogP contribution < -0.4 is 0 Å².